The van der Waals surface area contributed by atoms with Gasteiger partial charge in [-0.15, -0.1) is 0 Å². The van der Waals surface area contributed by atoms with Crippen molar-refractivity contribution >= 4 is 19.2 Å². The number of aromatic nitrogens is 2. The van der Waals surface area contributed by atoms with E-state index in [9.17, 15) is 0 Å². The lowest BCUT2D eigenvalue weighted by Crippen LogP contribution is -2.09. The summed E-state index contributed by atoms with van der Waals surface area (Å²) in [5.41, 5.74) is 1.59. The lowest BCUT2D eigenvalue weighted by molar-refractivity contribution is 0.297. The molecule has 0 aromatic carbocycles. The van der Waals surface area contributed by atoms with Gasteiger partial charge < -0.3 is 4.74 Å². The van der Waals surface area contributed by atoms with E-state index in [4.69, 9.17) is 4.74 Å². The Kier molecular flexibility index (Phi) is 2.85. The summed E-state index contributed by atoms with van der Waals surface area (Å²) in [5.74, 6) is 0.574. The molecule has 3 nitrogen and oxygen atoms in total. The third kappa shape index (κ3) is 2.08. The van der Waals surface area contributed by atoms with Crippen molar-refractivity contribution in [2.75, 3.05) is 6.61 Å². The monoisotopic (exact) mass is 162 g/mol. The molecule has 12 heavy (non-hydrogen) atoms. The molecule has 4 heteroatoms. The molecule has 62 valence electrons. The van der Waals surface area contributed by atoms with Crippen LogP contribution < -0.4 is 5.59 Å². The number of ether oxygens (including phenoxy) is 1. The van der Waals surface area contributed by atoms with Gasteiger partial charge in [-0.1, -0.05) is 6.58 Å². The summed E-state index contributed by atoms with van der Waals surface area (Å²) in [7, 11) is 1.89. The molecule has 1 aromatic heterocycles. The zero-order valence-corrected chi connectivity index (χ0v) is 7.37. The molecule has 0 unspecified atom stereocenters. The minimum absolute atomic E-state index is 0.574. The van der Waals surface area contributed by atoms with E-state index in [1.807, 2.05) is 14.8 Å². The molecule has 0 aliphatic rings. The van der Waals surface area contributed by atoms with Crippen LogP contribution in [0, 0.1) is 0 Å². The van der Waals surface area contributed by atoms with E-state index in [0.717, 1.165) is 5.59 Å². The van der Waals surface area contributed by atoms with Crippen LogP contribution in [-0.4, -0.2) is 24.4 Å². The highest BCUT2D eigenvalue weighted by Crippen LogP contribution is 2.06. The molecule has 0 radical (unpaired) electrons. The maximum absolute atomic E-state index is 5.17. The molecular formula is C8H11BN2O. The summed E-state index contributed by atoms with van der Waals surface area (Å²) >= 11 is 0. The standard InChI is InChI=1S/C8H11BN2O/c1-3-12-6(2)7-4-11-8(9)5-10-7/h4-5H,2-3,9H2,1H3. The van der Waals surface area contributed by atoms with E-state index in [0.29, 0.717) is 18.1 Å². The number of rotatable bonds is 3. The summed E-state index contributed by atoms with van der Waals surface area (Å²) in [6.45, 7) is 6.23. The quantitative estimate of drug-likeness (QED) is 0.453. The molecule has 0 N–H and O–H groups in total. The number of hydrogen-bond acceptors (Lipinski definition) is 3. The molecule has 1 aromatic rings. The van der Waals surface area contributed by atoms with Crippen LogP contribution in [-0.2, 0) is 4.74 Å². The predicted molar refractivity (Wildman–Crippen MR) is 50.9 cm³/mol. The van der Waals surface area contributed by atoms with E-state index in [-0.39, 0.29) is 0 Å². The first-order chi connectivity index (χ1) is 5.74. The second-order valence-corrected chi connectivity index (χ2v) is 2.40. The van der Waals surface area contributed by atoms with Crippen LogP contribution in [0.5, 0.6) is 0 Å². The number of nitrogens with zero attached hydrogens (tertiary/aromatic N) is 2. The number of hydrogen-bond donors (Lipinski definition) is 0. The van der Waals surface area contributed by atoms with Crippen LogP contribution in [0.1, 0.15) is 12.6 Å². The summed E-state index contributed by atoms with van der Waals surface area (Å²) < 4.78 is 5.17. The Hall–Kier alpha value is -1.32. The zero-order valence-electron chi connectivity index (χ0n) is 7.37. The van der Waals surface area contributed by atoms with Crippen LogP contribution in [0.15, 0.2) is 19.0 Å². The minimum atomic E-state index is 0.574. The smallest absolute Gasteiger partial charge is 0.166 e. The fourth-order valence-electron chi connectivity index (χ4n) is 0.785. The van der Waals surface area contributed by atoms with Crippen LogP contribution in [0.3, 0.4) is 0 Å². The average molecular weight is 162 g/mol. The topological polar surface area (TPSA) is 35.0 Å². The molecule has 0 fully saturated rings. The van der Waals surface area contributed by atoms with Gasteiger partial charge >= 0.3 is 0 Å². The van der Waals surface area contributed by atoms with Crippen molar-refractivity contribution in [1.29, 1.82) is 0 Å². The molecule has 1 rings (SSSR count). The van der Waals surface area contributed by atoms with E-state index in [2.05, 4.69) is 16.5 Å². The van der Waals surface area contributed by atoms with E-state index < -0.39 is 0 Å². The molecule has 0 atom stereocenters. The van der Waals surface area contributed by atoms with Gasteiger partial charge in [-0.05, 0) is 6.92 Å². The van der Waals surface area contributed by atoms with Gasteiger partial charge in [0.1, 0.15) is 11.5 Å². The fourth-order valence-corrected chi connectivity index (χ4v) is 0.785. The van der Waals surface area contributed by atoms with E-state index in [1.54, 1.807) is 12.4 Å². The summed E-state index contributed by atoms with van der Waals surface area (Å²) in [6, 6.07) is 0. The lowest BCUT2D eigenvalue weighted by atomic mass is 10.1. The van der Waals surface area contributed by atoms with Gasteiger partial charge in [0.2, 0.25) is 0 Å². The summed E-state index contributed by atoms with van der Waals surface area (Å²) in [4.78, 5) is 8.19. The fraction of sp³-hybridized carbons (Fsp3) is 0.250. The highest BCUT2D eigenvalue weighted by molar-refractivity contribution is 6.30. The molecule has 0 aliphatic heterocycles. The molecule has 0 amide bonds. The Bertz CT molecular complexity index is 271. The normalized spacial score (nSPS) is 9.42. The van der Waals surface area contributed by atoms with Crippen LogP contribution >= 0.6 is 0 Å². The van der Waals surface area contributed by atoms with Gasteiger partial charge in [-0.3, -0.25) is 9.97 Å². The van der Waals surface area contributed by atoms with Crippen LogP contribution in [0.4, 0.5) is 0 Å². The molecule has 0 saturated carbocycles. The summed E-state index contributed by atoms with van der Waals surface area (Å²) in [5, 5.41) is 0. The van der Waals surface area contributed by atoms with Crippen molar-refractivity contribution in [3.63, 3.8) is 0 Å². The third-order valence-electron chi connectivity index (χ3n) is 1.39. The van der Waals surface area contributed by atoms with Crippen LogP contribution in [0.2, 0.25) is 0 Å². The molecular weight excluding hydrogens is 151 g/mol. The molecule has 0 bridgehead atoms. The Morgan fingerprint density at radius 2 is 2.33 bits per heavy atom. The summed E-state index contributed by atoms with van der Waals surface area (Å²) in [6.07, 6.45) is 3.35. The van der Waals surface area contributed by atoms with Crippen molar-refractivity contribution in [2.24, 2.45) is 0 Å². The SMILES string of the molecule is Bc1cnc(C(=C)OCC)cn1. The van der Waals surface area contributed by atoms with Gasteiger partial charge in [-0.25, -0.2) is 0 Å². The van der Waals surface area contributed by atoms with Crippen molar-refractivity contribution in [2.45, 2.75) is 6.92 Å². The first kappa shape index (κ1) is 8.78. The second-order valence-electron chi connectivity index (χ2n) is 2.40. The highest BCUT2D eigenvalue weighted by atomic mass is 16.5. The second kappa shape index (κ2) is 3.90. The Morgan fingerprint density at radius 1 is 1.58 bits per heavy atom. The largest absolute Gasteiger partial charge is 0.492 e. The highest BCUT2D eigenvalue weighted by Gasteiger charge is 1.99. The van der Waals surface area contributed by atoms with Crippen molar-refractivity contribution in [3.8, 4) is 0 Å². The Morgan fingerprint density at radius 3 is 2.83 bits per heavy atom. The van der Waals surface area contributed by atoms with Gasteiger partial charge in [0.05, 0.1) is 12.8 Å². The minimum Gasteiger partial charge on any atom is -0.492 e. The lowest BCUT2D eigenvalue weighted by Gasteiger charge is -2.04. The van der Waals surface area contributed by atoms with Crippen LogP contribution in [0.25, 0.3) is 5.76 Å². The van der Waals surface area contributed by atoms with Gasteiger partial charge in [-0.2, -0.15) is 0 Å². The third-order valence-corrected chi connectivity index (χ3v) is 1.39. The van der Waals surface area contributed by atoms with Gasteiger partial charge in [0.15, 0.2) is 7.85 Å². The Labute approximate surface area is 72.9 Å². The molecule has 0 aliphatic carbocycles. The molecule has 1 heterocycles. The first-order valence-corrected chi connectivity index (χ1v) is 3.84. The van der Waals surface area contributed by atoms with Crippen molar-refractivity contribution in [3.05, 3.63) is 24.7 Å². The Balaban J connectivity index is 2.75. The average Bonchev–Trinajstić information content (AvgIpc) is 2.06. The molecule has 0 spiro atoms. The molecule has 0 saturated heterocycles. The van der Waals surface area contributed by atoms with E-state index in [1.165, 1.54) is 0 Å². The van der Waals surface area contributed by atoms with Gasteiger partial charge in [0.25, 0.3) is 0 Å². The maximum Gasteiger partial charge on any atom is 0.166 e. The zero-order chi connectivity index (χ0) is 8.97. The van der Waals surface area contributed by atoms with Crippen molar-refractivity contribution < 1.29 is 4.74 Å². The predicted octanol–water partition coefficient (Wildman–Crippen LogP) is -0.258. The van der Waals surface area contributed by atoms with E-state index >= 15 is 0 Å². The maximum atomic E-state index is 5.17. The van der Waals surface area contributed by atoms with Gasteiger partial charge in [0, 0.05) is 11.8 Å². The first-order valence-electron chi connectivity index (χ1n) is 3.84. The van der Waals surface area contributed by atoms with Crippen molar-refractivity contribution in [1.82, 2.24) is 9.97 Å².